The lowest BCUT2D eigenvalue weighted by molar-refractivity contribution is 0.0696. The van der Waals surface area contributed by atoms with Gasteiger partial charge in [-0.25, -0.2) is 4.79 Å². The van der Waals surface area contributed by atoms with Gasteiger partial charge in [0.2, 0.25) is 0 Å². The lowest BCUT2D eigenvalue weighted by atomic mass is 10.0. The Morgan fingerprint density at radius 2 is 2.11 bits per heavy atom. The molecule has 0 aliphatic heterocycles. The fourth-order valence-electron chi connectivity index (χ4n) is 2.48. The molecule has 19 heavy (non-hydrogen) atoms. The third-order valence-corrected chi connectivity index (χ3v) is 3.63. The minimum absolute atomic E-state index is 0.378. The first-order valence-corrected chi connectivity index (χ1v) is 7.04. The second-order valence-electron chi connectivity index (χ2n) is 6.00. The van der Waals surface area contributed by atoms with Crippen LogP contribution in [-0.4, -0.2) is 28.6 Å². The first-order valence-electron chi connectivity index (χ1n) is 7.04. The standard InChI is InChI=1S/C16H23NO2/c1-11(2)9-17(15-6-7-15)10-14-5-4-13(16(18)19)8-12(14)3/h4-5,8,11,15H,6-7,9-10H2,1-3H3,(H,18,19). The number of carbonyl (C=O) groups is 1. The number of hydrogen-bond acceptors (Lipinski definition) is 2. The molecule has 0 unspecified atom stereocenters. The van der Waals surface area contributed by atoms with E-state index in [4.69, 9.17) is 5.11 Å². The van der Waals surface area contributed by atoms with E-state index in [-0.39, 0.29) is 0 Å². The number of aryl methyl sites for hydroxylation is 1. The topological polar surface area (TPSA) is 40.5 Å². The van der Waals surface area contributed by atoms with E-state index >= 15 is 0 Å². The highest BCUT2D eigenvalue weighted by atomic mass is 16.4. The molecule has 3 heteroatoms. The summed E-state index contributed by atoms with van der Waals surface area (Å²) < 4.78 is 0. The van der Waals surface area contributed by atoms with E-state index in [1.165, 1.54) is 18.4 Å². The number of carboxylic acid groups (broad SMARTS) is 1. The van der Waals surface area contributed by atoms with E-state index < -0.39 is 5.97 Å². The molecule has 0 atom stereocenters. The van der Waals surface area contributed by atoms with Gasteiger partial charge < -0.3 is 5.11 Å². The van der Waals surface area contributed by atoms with E-state index in [2.05, 4.69) is 18.7 Å². The summed E-state index contributed by atoms with van der Waals surface area (Å²) in [6.45, 7) is 8.55. The van der Waals surface area contributed by atoms with E-state index in [9.17, 15) is 4.79 Å². The average Bonchev–Trinajstić information content (AvgIpc) is 3.13. The van der Waals surface area contributed by atoms with Gasteiger partial charge in [-0.05, 0) is 48.9 Å². The van der Waals surface area contributed by atoms with Crippen LogP contribution in [0.3, 0.4) is 0 Å². The zero-order valence-electron chi connectivity index (χ0n) is 12.0. The van der Waals surface area contributed by atoms with Crippen LogP contribution in [0.25, 0.3) is 0 Å². The third kappa shape index (κ3) is 3.80. The number of hydrogen-bond donors (Lipinski definition) is 1. The molecule has 0 spiro atoms. The maximum Gasteiger partial charge on any atom is 0.335 e. The number of benzene rings is 1. The van der Waals surface area contributed by atoms with Gasteiger partial charge in [-0.2, -0.15) is 0 Å². The molecule has 1 saturated carbocycles. The normalized spacial score (nSPS) is 15.2. The number of aromatic carboxylic acids is 1. The van der Waals surface area contributed by atoms with Crippen molar-refractivity contribution >= 4 is 5.97 Å². The van der Waals surface area contributed by atoms with Gasteiger partial charge in [-0.3, -0.25) is 4.90 Å². The van der Waals surface area contributed by atoms with Crippen molar-refractivity contribution in [2.45, 2.75) is 46.2 Å². The lowest BCUT2D eigenvalue weighted by Gasteiger charge is -2.25. The first-order chi connectivity index (χ1) is 8.97. The number of carboxylic acids is 1. The predicted molar refractivity (Wildman–Crippen MR) is 76.4 cm³/mol. The molecule has 104 valence electrons. The van der Waals surface area contributed by atoms with Crippen molar-refractivity contribution in [2.24, 2.45) is 5.92 Å². The molecule has 0 heterocycles. The summed E-state index contributed by atoms with van der Waals surface area (Å²) in [4.78, 5) is 13.5. The van der Waals surface area contributed by atoms with Crippen LogP contribution in [0.15, 0.2) is 18.2 Å². The molecule has 1 aliphatic carbocycles. The van der Waals surface area contributed by atoms with Gasteiger partial charge in [0, 0.05) is 19.1 Å². The molecular formula is C16H23NO2. The fourth-order valence-corrected chi connectivity index (χ4v) is 2.48. The maximum absolute atomic E-state index is 10.9. The smallest absolute Gasteiger partial charge is 0.335 e. The Bertz CT molecular complexity index is 464. The van der Waals surface area contributed by atoms with E-state index in [0.717, 1.165) is 24.7 Å². The van der Waals surface area contributed by atoms with Gasteiger partial charge in [0.25, 0.3) is 0 Å². The highest BCUT2D eigenvalue weighted by Gasteiger charge is 2.29. The largest absolute Gasteiger partial charge is 0.478 e. The van der Waals surface area contributed by atoms with Crippen LogP contribution in [0.4, 0.5) is 0 Å². The summed E-state index contributed by atoms with van der Waals surface area (Å²) in [5.41, 5.74) is 2.70. The summed E-state index contributed by atoms with van der Waals surface area (Å²) >= 11 is 0. The van der Waals surface area contributed by atoms with E-state index in [0.29, 0.717) is 11.5 Å². The third-order valence-electron chi connectivity index (χ3n) is 3.63. The predicted octanol–water partition coefficient (Wildman–Crippen LogP) is 3.31. The molecular weight excluding hydrogens is 238 g/mol. The summed E-state index contributed by atoms with van der Waals surface area (Å²) in [7, 11) is 0. The molecule has 3 nitrogen and oxygen atoms in total. The minimum Gasteiger partial charge on any atom is -0.478 e. The monoisotopic (exact) mass is 261 g/mol. The van der Waals surface area contributed by atoms with Crippen molar-refractivity contribution in [3.8, 4) is 0 Å². The zero-order valence-corrected chi connectivity index (χ0v) is 12.0. The quantitative estimate of drug-likeness (QED) is 0.854. The highest BCUT2D eigenvalue weighted by Crippen LogP contribution is 2.29. The van der Waals surface area contributed by atoms with Crippen LogP contribution >= 0.6 is 0 Å². The van der Waals surface area contributed by atoms with Crippen molar-refractivity contribution in [1.29, 1.82) is 0 Å². The average molecular weight is 261 g/mol. The molecule has 0 bridgehead atoms. The van der Waals surface area contributed by atoms with Crippen LogP contribution in [0, 0.1) is 12.8 Å². The maximum atomic E-state index is 10.9. The summed E-state index contributed by atoms with van der Waals surface area (Å²) in [5, 5.41) is 8.99. The molecule has 1 aliphatic rings. The summed E-state index contributed by atoms with van der Waals surface area (Å²) in [6.07, 6.45) is 2.61. The molecule has 2 rings (SSSR count). The highest BCUT2D eigenvalue weighted by molar-refractivity contribution is 5.87. The van der Waals surface area contributed by atoms with Crippen LogP contribution < -0.4 is 0 Å². The van der Waals surface area contributed by atoms with Crippen LogP contribution in [-0.2, 0) is 6.54 Å². The molecule has 1 aromatic rings. The molecule has 0 radical (unpaired) electrons. The number of rotatable bonds is 6. The van der Waals surface area contributed by atoms with Crippen LogP contribution in [0.2, 0.25) is 0 Å². The molecule has 0 saturated heterocycles. The summed E-state index contributed by atoms with van der Waals surface area (Å²) in [6, 6.07) is 6.19. The molecule has 1 fully saturated rings. The van der Waals surface area contributed by atoms with Gasteiger partial charge >= 0.3 is 5.97 Å². The Kier molecular flexibility index (Phi) is 4.25. The van der Waals surface area contributed by atoms with Crippen molar-refractivity contribution < 1.29 is 9.90 Å². The lowest BCUT2D eigenvalue weighted by Crippen LogP contribution is -2.29. The van der Waals surface area contributed by atoms with Crippen molar-refractivity contribution in [1.82, 2.24) is 4.90 Å². The van der Waals surface area contributed by atoms with Gasteiger partial charge in [-0.15, -0.1) is 0 Å². The molecule has 1 N–H and O–H groups in total. The van der Waals surface area contributed by atoms with Gasteiger partial charge in [0.05, 0.1) is 5.56 Å². The van der Waals surface area contributed by atoms with Gasteiger partial charge in [-0.1, -0.05) is 19.9 Å². The fraction of sp³-hybridized carbons (Fsp3) is 0.562. The first kappa shape index (κ1) is 14.1. The Labute approximate surface area is 115 Å². The number of nitrogens with zero attached hydrogens (tertiary/aromatic N) is 1. The van der Waals surface area contributed by atoms with Gasteiger partial charge in [0.1, 0.15) is 0 Å². The van der Waals surface area contributed by atoms with E-state index in [1.54, 1.807) is 12.1 Å². The Hall–Kier alpha value is -1.35. The van der Waals surface area contributed by atoms with Crippen LogP contribution in [0.1, 0.15) is 48.2 Å². The van der Waals surface area contributed by atoms with Crippen LogP contribution in [0.5, 0.6) is 0 Å². The zero-order chi connectivity index (χ0) is 14.0. The van der Waals surface area contributed by atoms with Gasteiger partial charge in [0.15, 0.2) is 0 Å². The Morgan fingerprint density at radius 3 is 2.58 bits per heavy atom. The minimum atomic E-state index is -0.851. The molecule has 0 aromatic heterocycles. The Balaban J connectivity index is 2.10. The Morgan fingerprint density at radius 1 is 1.42 bits per heavy atom. The molecule has 1 aromatic carbocycles. The SMILES string of the molecule is Cc1cc(C(=O)O)ccc1CN(CC(C)C)C1CC1. The molecule has 0 amide bonds. The summed E-state index contributed by atoms with van der Waals surface area (Å²) in [5.74, 6) is -0.185. The van der Waals surface area contributed by atoms with E-state index in [1.807, 2.05) is 13.0 Å². The van der Waals surface area contributed by atoms with Crippen molar-refractivity contribution in [3.05, 3.63) is 34.9 Å². The van der Waals surface area contributed by atoms with Crippen molar-refractivity contribution in [3.63, 3.8) is 0 Å². The second-order valence-corrected chi connectivity index (χ2v) is 6.00. The second kappa shape index (κ2) is 5.74. The van der Waals surface area contributed by atoms with Crippen molar-refractivity contribution in [2.75, 3.05) is 6.54 Å².